The lowest BCUT2D eigenvalue weighted by Gasteiger charge is -2.42. The summed E-state index contributed by atoms with van der Waals surface area (Å²) in [5.74, 6) is -1.45. The lowest BCUT2D eigenvalue weighted by molar-refractivity contribution is 0.0122. The number of methoxy groups -OCH3 is 1. The van der Waals surface area contributed by atoms with E-state index in [0.29, 0.717) is 31.3 Å². The van der Waals surface area contributed by atoms with Crippen LogP contribution in [0.2, 0.25) is 0 Å². The molecule has 1 aliphatic carbocycles. The normalized spacial score (nSPS) is 27.3. The van der Waals surface area contributed by atoms with Gasteiger partial charge in [-0.3, -0.25) is 14.8 Å². The minimum atomic E-state index is -2.84. The monoisotopic (exact) mass is 806 g/mol. The molecule has 4 aromatic rings. The molecular weight excluding hydrogens is 763 g/mol. The number of anilines is 1. The van der Waals surface area contributed by atoms with E-state index in [9.17, 15) is 18.0 Å². The van der Waals surface area contributed by atoms with Gasteiger partial charge in [0.15, 0.2) is 12.6 Å². The van der Waals surface area contributed by atoms with Gasteiger partial charge in [0.25, 0.3) is 5.92 Å². The van der Waals surface area contributed by atoms with Gasteiger partial charge in [0.2, 0.25) is 0 Å². The first-order chi connectivity index (χ1) is 27.5. The molecule has 4 aliphatic heterocycles. The minimum Gasteiger partial charge on any atom is -0.468 e. The van der Waals surface area contributed by atoms with Gasteiger partial charge in [0.1, 0.15) is 47.0 Å². The van der Waals surface area contributed by atoms with Crippen LogP contribution in [0.15, 0.2) is 30.5 Å². The Kier molecular flexibility index (Phi) is 8.98. The van der Waals surface area contributed by atoms with Crippen molar-refractivity contribution in [3.05, 3.63) is 47.7 Å². The highest BCUT2D eigenvalue weighted by Gasteiger charge is 2.77. The number of amides is 1. The lowest BCUT2D eigenvalue weighted by atomic mass is 9.88. The van der Waals surface area contributed by atoms with E-state index in [-0.39, 0.29) is 109 Å². The molecule has 5 fully saturated rings. The van der Waals surface area contributed by atoms with Crippen LogP contribution in [0.4, 0.5) is 32.6 Å². The zero-order chi connectivity index (χ0) is 40.9. The van der Waals surface area contributed by atoms with Crippen LogP contribution >= 0.6 is 0 Å². The summed E-state index contributed by atoms with van der Waals surface area (Å²) in [4.78, 5) is 32.7. The summed E-state index contributed by atoms with van der Waals surface area (Å²) in [7, 11) is 1.45. The molecule has 16 heteroatoms. The molecule has 0 N–H and O–H groups in total. The number of carbonyl (C=O) groups is 1. The summed E-state index contributed by atoms with van der Waals surface area (Å²) in [6.07, 6.45) is 6.79. The highest BCUT2D eigenvalue weighted by molar-refractivity contribution is 6.03. The number of hydrogen-bond acceptors (Lipinski definition) is 10. The fourth-order valence-electron chi connectivity index (χ4n) is 9.81. The van der Waals surface area contributed by atoms with Crippen molar-refractivity contribution in [3.63, 3.8) is 0 Å². The first kappa shape index (κ1) is 38.5. The molecule has 2 aromatic heterocycles. The third-order valence-electron chi connectivity index (χ3n) is 12.3. The second-order valence-electron chi connectivity index (χ2n) is 17.4. The molecular formula is C42H43F5N6O5. The summed E-state index contributed by atoms with van der Waals surface area (Å²) in [5.41, 5.74) is -3.28. The van der Waals surface area contributed by atoms with E-state index >= 15 is 8.78 Å². The van der Waals surface area contributed by atoms with Crippen molar-refractivity contribution in [2.75, 3.05) is 51.6 Å². The quantitative estimate of drug-likeness (QED) is 0.103. The van der Waals surface area contributed by atoms with Crippen molar-refractivity contribution in [2.45, 2.75) is 88.2 Å². The second-order valence-corrected chi connectivity index (χ2v) is 17.4. The van der Waals surface area contributed by atoms with E-state index in [0.717, 1.165) is 0 Å². The average molecular weight is 807 g/mol. The first-order valence-electron chi connectivity index (χ1n) is 19.4. The van der Waals surface area contributed by atoms with E-state index in [1.54, 1.807) is 15.9 Å². The molecule has 6 heterocycles. The topological polar surface area (TPSA) is 102 Å². The number of alkyl halides is 3. The molecule has 2 unspecified atom stereocenters. The molecule has 5 atom stereocenters. The highest BCUT2D eigenvalue weighted by Crippen LogP contribution is 2.69. The van der Waals surface area contributed by atoms with Crippen LogP contribution in [0.3, 0.4) is 0 Å². The number of hydrogen-bond donors (Lipinski definition) is 0. The zero-order valence-corrected chi connectivity index (χ0v) is 32.6. The van der Waals surface area contributed by atoms with Crippen molar-refractivity contribution < 1.29 is 45.7 Å². The van der Waals surface area contributed by atoms with Crippen molar-refractivity contribution in [1.82, 2.24) is 24.8 Å². The maximum atomic E-state index is 17.4. The van der Waals surface area contributed by atoms with Gasteiger partial charge in [-0.25, -0.2) is 26.7 Å². The van der Waals surface area contributed by atoms with Crippen LogP contribution < -0.4 is 14.4 Å². The van der Waals surface area contributed by atoms with Gasteiger partial charge in [-0.05, 0) is 63.6 Å². The number of benzene rings is 2. The van der Waals surface area contributed by atoms with Gasteiger partial charge in [-0.1, -0.05) is 12.0 Å². The SMILES string of the molecule is C#Cc1c(F)ccc2cc(OCOC)cc(-c3ncc4c(N5CC6CCC(C5)N6C(=O)OC(C)(C)C)nc(OC[C@@]56C[C@@H](F)CN5C[C@@]5(CC5(F)F)C6)nc4c3F)c12. The van der Waals surface area contributed by atoms with Crippen molar-refractivity contribution in [1.29, 1.82) is 0 Å². The summed E-state index contributed by atoms with van der Waals surface area (Å²) in [5, 5.41) is 0.930. The van der Waals surface area contributed by atoms with Crippen LogP contribution in [0, 0.1) is 29.4 Å². The molecule has 306 valence electrons. The van der Waals surface area contributed by atoms with Crippen molar-refractivity contribution in [2.24, 2.45) is 5.41 Å². The zero-order valence-electron chi connectivity index (χ0n) is 32.6. The molecule has 5 aliphatic rings. The van der Waals surface area contributed by atoms with Gasteiger partial charge in [-0.2, -0.15) is 9.97 Å². The lowest BCUT2D eigenvalue weighted by Crippen LogP contribution is -2.57. The van der Waals surface area contributed by atoms with E-state index in [2.05, 4.69) is 15.9 Å². The number of piperazine rings is 1. The summed E-state index contributed by atoms with van der Waals surface area (Å²) in [6, 6.07) is 5.14. The first-order valence-corrected chi connectivity index (χ1v) is 19.4. The van der Waals surface area contributed by atoms with Crippen molar-refractivity contribution >= 4 is 33.6 Å². The molecule has 9 rings (SSSR count). The third kappa shape index (κ3) is 6.32. The number of carbonyl (C=O) groups excluding carboxylic acids is 1. The van der Waals surface area contributed by atoms with Gasteiger partial charge >= 0.3 is 12.1 Å². The van der Waals surface area contributed by atoms with Crippen LogP contribution in [0.25, 0.3) is 32.9 Å². The number of rotatable bonds is 8. The highest BCUT2D eigenvalue weighted by atomic mass is 19.3. The third-order valence-corrected chi connectivity index (χ3v) is 12.3. The number of ether oxygens (including phenoxy) is 4. The average Bonchev–Trinajstić information content (AvgIpc) is 3.35. The minimum absolute atomic E-state index is 0.00626. The summed E-state index contributed by atoms with van der Waals surface area (Å²) in [6.45, 7) is 5.85. The molecule has 0 radical (unpaired) electrons. The van der Waals surface area contributed by atoms with Gasteiger partial charge in [-0.15, -0.1) is 6.42 Å². The second kappa shape index (κ2) is 13.5. The Morgan fingerprint density at radius 1 is 1.05 bits per heavy atom. The summed E-state index contributed by atoms with van der Waals surface area (Å²) < 4.78 is 99.6. The fourth-order valence-corrected chi connectivity index (χ4v) is 9.81. The van der Waals surface area contributed by atoms with Gasteiger partial charge in [0.05, 0.1) is 34.0 Å². The van der Waals surface area contributed by atoms with E-state index in [1.807, 2.05) is 25.7 Å². The predicted molar refractivity (Wildman–Crippen MR) is 204 cm³/mol. The van der Waals surface area contributed by atoms with E-state index in [4.69, 9.17) is 30.4 Å². The molecule has 1 spiro atoms. The Labute approximate surface area is 331 Å². The van der Waals surface area contributed by atoms with Crippen molar-refractivity contribution in [3.8, 4) is 35.4 Å². The van der Waals surface area contributed by atoms with Gasteiger partial charge in [0, 0.05) is 63.3 Å². The number of nitrogens with zero attached hydrogens (tertiary/aromatic N) is 6. The van der Waals surface area contributed by atoms with Crippen LogP contribution in [0.5, 0.6) is 11.8 Å². The fraction of sp³-hybridized carbons (Fsp3) is 0.524. The van der Waals surface area contributed by atoms with E-state index in [1.165, 1.54) is 31.5 Å². The Morgan fingerprint density at radius 2 is 1.79 bits per heavy atom. The van der Waals surface area contributed by atoms with E-state index < -0.39 is 46.4 Å². The Hall–Kier alpha value is -5.01. The molecule has 1 saturated carbocycles. The Balaban J connectivity index is 1.15. The predicted octanol–water partition coefficient (Wildman–Crippen LogP) is 7.27. The number of fused-ring (bicyclic) bond motifs is 5. The number of terminal acetylenes is 1. The molecule has 58 heavy (non-hydrogen) atoms. The molecule has 2 bridgehead atoms. The Bertz CT molecular complexity index is 2380. The van der Waals surface area contributed by atoms with Crippen LogP contribution in [-0.4, -0.2) is 113 Å². The largest absolute Gasteiger partial charge is 0.468 e. The maximum Gasteiger partial charge on any atom is 0.410 e. The van der Waals surface area contributed by atoms with Crippen LogP contribution in [-0.2, 0) is 9.47 Å². The number of pyridine rings is 1. The standard InChI is InChI=1S/C42H43F5N6O5/c1-6-28-31(44)10-7-23-11-27(57-22-55-5)12-29(32(23)28)34-33(45)35-30(14-48-34)36(51-16-25-8-9-26(17-51)53(25)38(54)58-39(2,3)4)50-37(49-35)56-21-41-13-24(43)15-52(41)20-40(18-41)19-42(40,46)47/h1,7,10-12,14,24-26H,8-9,13,15-22H2,2-5H3/t24-,25?,26?,40+,41+/m1/s1. The van der Waals surface area contributed by atoms with Gasteiger partial charge < -0.3 is 23.8 Å². The number of halogens is 5. The molecule has 4 saturated heterocycles. The maximum absolute atomic E-state index is 17.4. The summed E-state index contributed by atoms with van der Waals surface area (Å²) >= 11 is 0. The Morgan fingerprint density at radius 3 is 2.47 bits per heavy atom. The number of aromatic nitrogens is 3. The molecule has 11 nitrogen and oxygen atoms in total. The molecule has 2 aromatic carbocycles. The smallest absolute Gasteiger partial charge is 0.410 e. The van der Waals surface area contributed by atoms with Crippen LogP contribution in [0.1, 0.15) is 58.4 Å². The molecule has 1 amide bonds.